The average molecular weight is 539 g/mol. The molecular formula is C28H44IP. The maximum atomic E-state index is 3.01. The monoisotopic (exact) mass is 538 g/mol. The first-order valence-electron chi connectivity index (χ1n) is 12.5. The van der Waals surface area contributed by atoms with Gasteiger partial charge in [0.2, 0.25) is 0 Å². The molecule has 30 heavy (non-hydrogen) atoms. The molecule has 0 aliphatic carbocycles. The van der Waals surface area contributed by atoms with E-state index in [0.29, 0.717) is 0 Å². The third kappa shape index (κ3) is 7.33. The molecule has 0 bridgehead atoms. The number of hydrogen-bond acceptors (Lipinski definition) is 0. The summed E-state index contributed by atoms with van der Waals surface area (Å²) in [6, 6.07) is 23.2. The summed E-state index contributed by atoms with van der Waals surface area (Å²) < 4.78 is -2.22. The van der Waals surface area contributed by atoms with Crippen LogP contribution in [0.3, 0.4) is 0 Å². The molecule has 2 rings (SSSR count). The van der Waals surface area contributed by atoms with Gasteiger partial charge in [-0.25, -0.2) is 0 Å². The van der Waals surface area contributed by atoms with Crippen molar-refractivity contribution in [1.82, 2.24) is 0 Å². The van der Waals surface area contributed by atoms with E-state index < -0.39 is 4.25 Å². The Hall–Kier alpha value is -0.400. The van der Waals surface area contributed by atoms with Gasteiger partial charge in [0.25, 0.3) is 0 Å². The summed E-state index contributed by atoms with van der Waals surface area (Å²) in [6.45, 7) is 4.62. The fourth-order valence-corrected chi connectivity index (χ4v) is 13.8. The standard InChI is InChI=1S/C28H44IP/c1-3-5-7-9-11-19-25-30(29,27-21-15-13-16-22-27,28-23-17-14-18-24-28)26-20-12-10-8-6-4-2/h13-18,21-24H,3-12,19-20,25-26H2,1-2H3. The molecule has 0 aliphatic heterocycles. The first kappa shape index (κ1) is 25.9. The van der Waals surface area contributed by atoms with Crippen molar-refractivity contribution >= 4 is 36.9 Å². The summed E-state index contributed by atoms with van der Waals surface area (Å²) in [5.74, 6) is 0. The fourth-order valence-electron chi connectivity index (χ4n) is 4.76. The van der Waals surface area contributed by atoms with Gasteiger partial charge in [0.05, 0.1) is 0 Å². The molecule has 0 aromatic heterocycles. The van der Waals surface area contributed by atoms with Gasteiger partial charge in [0.15, 0.2) is 0 Å². The van der Waals surface area contributed by atoms with Crippen LogP contribution in [0.15, 0.2) is 60.7 Å². The zero-order chi connectivity index (χ0) is 21.6. The van der Waals surface area contributed by atoms with Gasteiger partial charge in [0, 0.05) is 0 Å². The van der Waals surface area contributed by atoms with Crippen molar-refractivity contribution in [2.75, 3.05) is 12.3 Å². The van der Waals surface area contributed by atoms with Crippen LogP contribution >= 0.6 is 26.3 Å². The molecule has 0 spiro atoms. The molecule has 2 aromatic carbocycles. The first-order valence-corrected chi connectivity index (χ1v) is 17.9. The van der Waals surface area contributed by atoms with Gasteiger partial charge in [-0.05, 0) is 0 Å². The molecule has 0 unspecified atom stereocenters. The van der Waals surface area contributed by atoms with Gasteiger partial charge < -0.3 is 0 Å². The van der Waals surface area contributed by atoms with Crippen molar-refractivity contribution in [3.05, 3.63) is 60.7 Å². The van der Waals surface area contributed by atoms with Crippen molar-refractivity contribution in [3.8, 4) is 0 Å². The van der Waals surface area contributed by atoms with Gasteiger partial charge in [-0.1, -0.05) is 0 Å². The van der Waals surface area contributed by atoms with Gasteiger partial charge >= 0.3 is 201 Å². The molecule has 0 nitrogen and oxygen atoms in total. The number of rotatable bonds is 16. The summed E-state index contributed by atoms with van der Waals surface area (Å²) in [4.78, 5) is 0. The van der Waals surface area contributed by atoms with Crippen molar-refractivity contribution in [3.63, 3.8) is 0 Å². The predicted molar refractivity (Wildman–Crippen MR) is 150 cm³/mol. The van der Waals surface area contributed by atoms with Gasteiger partial charge in [-0.2, -0.15) is 0 Å². The Kier molecular flexibility index (Phi) is 12.0. The van der Waals surface area contributed by atoms with Crippen molar-refractivity contribution < 1.29 is 0 Å². The average Bonchev–Trinajstić information content (AvgIpc) is 2.80. The molecular weight excluding hydrogens is 494 g/mol. The van der Waals surface area contributed by atoms with Crippen LogP contribution in [0.25, 0.3) is 0 Å². The van der Waals surface area contributed by atoms with Gasteiger partial charge in [0.1, 0.15) is 0 Å². The van der Waals surface area contributed by atoms with Gasteiger partial charge in [-0.3, -0.25) is 0 Å². The van der Waals surface area contributed by atoms with Crippen LogP contribution in [-0.2, 0) is 0 Å². The molecule has 168 valence electrons. The van der Waals surface area contributed by atoms with Crippen LogP contribution in [0.2, 0.25) is 0 Å². The second-order valence-corrected chi connectivity index (χ2v) is 20.7. The normalized spacial score (nSPS) is 13.1. The van der Waals surface area contributed by atoms with E-state index in [1.807, 2.05) is 0 Å². The summed E-state index contributed by atoms with van der Waals surface area (Å²) in [6.07, 6.45) is 19.3. The van der Waals surface area contributed by atoms with Crippen LogP contribution in [0, 0.1) is 0 Å². The fraction of sp³-hybridized carbons (Fsp3) is 0.571. The van der Waals surface area contributed by atoms with Crippen molar-refractivity contribution in [1.29, 1.82) is 0 Å². The summed E-state index contributed by atoms with van der Waals surface area (Å²) in [7, 11) is 0. The first-order chi connectivity index (χ1) is 14.6. The Bertz CT molecular complexity index is 623. The zero-order valence-electron chi connectivity index (χ0n) is 19.5. The molecule has 0 heterocycles. The molecule has 0 N–H and O–H groups in total. The van der Waals surface area contributed by atoms with E-state index in [9.17, 15) is 0 Å². The molecule has 0 saturated heterocycles. The quantitative estimate of drug-likeness (QED) is 0.114. The minimum atomic E-state index is -2.22. The van der Waals surface area contributed by atoms with Crippen LogP contribution in [0.5, 0.6) is 0 Å². The maximum absolute atomic E-state index is 3.01. The minimum absolute atomic E-state index is 1.33. The second-order valence-electron chi connectivity index (χ2n) is 9.03. The van der Waals surface area contributed by atoms with Gasteiger partial charge in [-0.15, -0.1) is 0 Å². The summed E-state index contributed by atoms with van der Waals surface area (Å²) >= 11 is 3.01. The Morgan fingerprint density at radius 2 is 0.833 bits per heavy atom. The molecule has 0 saturated carbocycles. The van der Waals surface area contributed by atoms with E-state index in [1.165, 1.54) is 89.4 Å². The topological polar surface area (TPSA) is 0 Å². The molecule has 2 aromatic rings. The Balaban J connectivity index is 2.25. The van der Waals surface area contributed by atoms with Crippen molar-refractivity contribution in [2.24, 2.45) is 0 Å². The molecule has 0 fully saturated rings. The van der Waals surface area contributed by atoms with E-state index in [0.717, 1.165) is 0 Å². The molecule has 0 aliphatic rings. The number of halogens is 1. The second kappa shape index (κ2) is 13.9. The summed E-state index contributed by atoms with van der Waals surface area (Å²) in [5.41, 5.74) is 0. The van der Waals surface area contributed by atoms with E-state index >= 15 is 0 Å². The Morgan fingerprint density at radius 3 is 1.20 bits per heavy atom. The van der Waals surface area contributed by atoms with E-state index in [-0.39, 0.29) is 0 Å². The molecule has 2 heteroatoms. The summed E-state index contributed by atoms with van der Waals surface area (Å²) in [5, 5.41) is 3.25. The predicted octanol–water partition coefficient (Wildman–Crippen LogP) is 9.26. The molecule has 0 amide bonds. The Morgan fingerprint density at radius 1 is 0.500 bits per heavy atom. The molecule has 0 radical (unpaired) electrons. The van der Waals surface area contributed by atoms with E-state index in [2.05, 4.69) is 96.6 Å². The van der Waals surface area contributed by atoms with Crippen LogP contribution in [0.1, 0.15) is 90.9 Å². The number of benzene rings is 2. The van der Waals surface area contributed by atoms with Crippen LogP contribution < -0.4 is 10.6 Å². The number of hydrogen-bond donors (Lipinski definition) is 0. The molecule has 0 atom stereocenters. The third-order valence-electron chi connectivity index (χ3n) is 6.65. The number of unbranched alkanes of at least 4 members (excludes halogenated alkanes) is 10. The third-order valence-corrected chi connectivity index (χ3v) is 18.3. The van der Waals surface area contributed by atoms with Crippen LogP contribution in [-0.4, -0.2) is 12.3 Å². The van der Waals surface area contributed by atoms with E-state index in [1.54, 1.807) is 10.6 Å². The SMILES string of the molecule is CCCCCCCCP(I)(CCCCCCCC)(c1ccccc1)c1ccccc1. The Labute approximate surface area is 200 Å². The van der Waals surface area contributed by atoms with E-state index in [4.69, 9.17) is 0 Å². The van der Waals surface area contributed by atoms with Crippen LogP contribution in [0.4, 0.5) is 0 Å². The zero-order valence-corrected chi connectivity index (χ0v) is 22.6. The van der Waals surface area contributed by atoms with Crippen molar-refractivity contribution in [2.45, 2.75) is 90.9 Å².